The van der Waals surface area contributed by atoms with Crippen LogP contribution < -0.4 is 5.32 Å². The van der Waals surface area contributed by atoms with E-state index in [1.807, 2.05) is 0 Å². The monoisotopic (exact) mass is 296 g/mol. The third kappa shape index (κ3) is 3.48. The highest BCUT2D eigenvalue weighted by molar-refractivity contribution is 6.20. The summed E-state index contributed by atoms with van der Waals surface area (Å²) in [4.78, 5) is 22.5. The first-order chi connectivity index (χ1) is 9.47. The Morgan fingerprint density at radius 1 is 1.35 bits per heavy atom. The van der Waals surface area contributed by atoms with Crippen LogP contribution in [0.3, 0.4) is 0 Å². The van der Waals surface area contributed by atoms with Crippen LogP contribution in [0.5, 0.6) is 0 Å². The fourth-order valence-electron chi connectivity index (χ4n) is 2.43. The summed E-state index contributed by atoms with van der Waals surface area (Å²) in [5.74, 6) is -0.246. The number of benzene rings is 1. The SMILES string of the molecule is Cc1ccc([N+](=O)[O-])cc1C(=O)NC1CCC(Cl)CC1. The zero-order chi connectivity index (χ0) is 14.7. The summed E-state index contributed by atoms with van der Waals surface area (Å²) in [6, 6.07) is 4.45. The summed E-state index contributed by atoms with van der Waals surface area (Å²) in [6.45, 7) is 1.77. The Morgan fingerprint density at radius 3 is 2.60 bits per heavy atom. The zero-order valence-corrected chi connectivity index (χ0v) is 12.0. The molecule has 1 amide bonds. The molecular weight excluding hydrogens is 280 g/mol. The summed E-state index contributed by atoms with van der Waals surface area (Å²) in [6.07, 6.45) is 3.49. The van der Waals surface area contributed by atoms with Crippen LogP contribution in [-0.2, 0) is 0 Å². The molecule has 1 aromatic carbocycles. The van der Waals surface area contributed by atoms with Crippen LogP contribution in [-0.4, -0.2) is 22.2 Å². The van der Waals surface area contributed by atoms with Crippen LogP contribution in [0.15, 0.2) is 18.2 Å². The fraction of sp³-hybridized carbons (Fsp3) is 0.500. The van der Waals surface area contributed by atoms with Gasteiger partial charge in [0.1, 0.15) is 0 Å². The number of aryl methyl sites for hydroxylation is 1. The van der Waals surface area contributed by atoms with Gasteiger partial charge in [0.05, 0.1) is 4.92 Å². The second-order valence-electron chi connectivity index (χ2n) is 5.18. The first kappa shape index (κ1) is 14.8. The van der Waals surface area contributed by atoms with Crippen LogP contribution in [0.4, 0.5) is 5.69 Å². The molecule has 0 spiro atoms. The molecule has 5 nitrogen and oxygen atoms in total. The van der Waals surface area contributed by atoms with E-state index in [-0.39, 0.29) is 23.0 Å². The number of nitrogens with zero attached hydrogens (tertiary/aromatic N) is 1. The van der Waals surface area contributed by atoms with Gasteiger partial charge in [-0.15, -0.1) is 11.6 Å². The van der Waals surface area contributed by atoms with Gasteiger partial charge in [0.15, 0.2) is 0 Å². The lowest BCUT2D eigenvalue weighted by Gasteiger charge is -2.26. The minimum atomic E-state index is -0.491. The zero-order valence-electron chi connectivity index (χ0n) is 11.3. The van der Waals surface area contributed by atoms with Gasteiger partial charge in [0.2, 0.25) is 0 Å². The Morgan fingerprint density at radius 2 is 2.00 bits per heavy atom. The van der Waals surface area contributed by atoms with Crippen molar-refractivity contribution in [3.63, 3.8) is 0 Å². The highest BCUT2D eigenvalue weighted by atomic mass is 35.5. The van der Waals surface area contributed by atoms with Crippen LogP contribution in [0.25, 0.3) is 0 Å². The van der Waals surface area contributed by atoms with Gasteiger partial charge in [0, 0.05) is 29.1 Å². The molecule has 1 aromatic rings. The van der Waals surface area contributed by atoms with E-state index in [1.54, 1.807) is 13.0 Å². The van der Waals surface area contributed by atoms with E-state index in [0.29, 0.717) is 5.56 Å². The van der Waals surface area contributed by atoms with Gasteiger partial charge in [-0.3, -0.25) is 14.9 Å². The van der Waals surface area contributed by atoms with E-state index in [1.165, 1.54) is 12.1 Å². The lowest BCUT2D eigenvalue weighted by molar-refractivity contribution is -0.384. The standard InChI is InChI=1S/C14H17ClN2O3/c1-9-2-7-12(17(19)20)8-13(9)14(18)16-11-5-3-10(15)4-6-11/h2,7-8,10-11H,3-6H2,1H3,(H,16,18). The van der Waals surface area contributed by atoms with E-state index in [9.17, 15) is 14.9 Å². The maximum absolute atomic E-state index is 12.2. The third-order valence-corrected chi connectivity index (χ3v) is 4.10. The summed E-state index contributed by atoms with van der Waals surface area (Å²) in [5, 5.41) is 13.9. The number of carbonyl (C=O) groups is 1. The Kier molecular flexibility index (Phi) is 4.60. The second-order valence-corrected chi connectivity index (χ2v) is 5.80. The number of non-ortho nitro benzene ring substituents is 1. The van der Waals surface area contributed by atoms with Crippen molar-refractivity contribution in [2.45, 2.75) is 44.0 Å². The van der Waals surface area contributed by atoms with Crippen molar-refractivity contribution < 1.29 is 9.72 Å². The van der Waals surface area contributed by atoms with Gasteiger partial charge in [0.25, 0.3) is 11.6 Å². The molecule has 0 heterocycles. The van der Waals surface area contributed by atoms with Gasteiger partial charge >= 0.3 is 0 Å². The Bertz CT molecular complexity index is 525. The van der Waals surface area contributed by atoms with E-state index in [4.69, 9.17) is 11.6 Å². The predicted molar refractivity (Wildman–Crippen MR) is 77.2 cm³/mol. The largest absolute Gasteiger partial charge is 0.349 e. The van der Waals surface area contributed by atoms with Crippen molar-refractivity contribution >= 4 is 23.2 Å². The van der Waals surface area contributed by atoms with Crippen LogP contribution in [0.1, 0.15) is 41.6 Å². The molecule has 0 aromatic heterocycles. The number of halogens is 1. The van der Waals surface area contributed by atoms with Gasteiger partial charge in [-0.1, -0.05) is 6.07 Å². The smallest absolute Gasteiger partial charge is 0.270 e. The number of nitrogens with one attached hydrogen (secondary N) is 1. The summed E-state index contributed by atoms with van der Waals surface area (Å²) < 4.78 is 0. The van der Waals surface area contributed by atoms with Gasteiger partial charge in [-0.05, 0) is 38.2 Å². The van der Waals surface area contributed by atoms with E-state index in [2.05, 4.69) is 5.32 Å². The van der Waals surface area contributed by atoms with Crippen molar-refractivity contribution in [2.24, 2.45) is 0 Å². The first-order valence-corrected chi connectivity index (χ1v) is 7.11. The summed E-state index contributed by atoms with van der Waals surface area (Å²) in [5.41, 5.74) is 1.04. The molecule has 0 unspecified atom stereocenters. The van der Waals surface area contributed by atoms with Crippen LogP contribution in [0, 0.1) is 17.0 Å². The predicted octanol–water partition coefficient (Wildman–Crippen LogP) is 3.18. The Balaban J connectivity index is 2.08. The molecule has 0 saturated heterocycles. The van der Waals surface area contributed by atoms with Gasteiger partial charge in [-0.25, -0.2) is 0 Å². The number of rotatable bonds is 3. The molecule has 20 heavy (non-hydrogen) atoms. The minimum Gasteiger partial charge on any atom is -0.349 e. The summed E-state index contributed by atoms with van der Waals surface area (Å²) >= 11 is 6.03. The molecule has 1 fully saturated rings. The molecule has 1 aliphatic carbocycles. The fourth-order valence-corrected chi connectivity index (χ4v) is 2.68. The van der Waals surface area contributed by atoms with Crippen molar-refractivity contribution in [3.8, 4) is 0 Å². The molecule has 6 heteroatoms. The molecule has 1 saturated carbocycles. The molecule has 0 bridgehead atoms. The van der Waals surface area contributed by atoms with Crippen molar-refractivity contribution in [3.05, 3.63) is 39.4 Å². The molecule has 1 aliphatic rings. The maximum Gasteiger partial charge on any atom is 0.270 e. The molecule has 2 rings (SSSR count). The average molecular weight is 297 g/mol. The number of hydrogen-bond acceptors (Lipinski definition) is 3. The molecular formula is C14H17ClN2O3. The van der Waals surface area contributed by atoms with Gasteiger partial charge in [-0.2, -0.15) is 0 Å². The summed E-state index contributed by atoms with van der Waals surface area (Å²) in [7, 11) is 0. The van der Waals surface area contributed by atoms with E-state index < -0.39 is 4.92 Å². The lowest BCUT2D eigenvalue weighted by atomic mass is 9.94. The molecule has 1 N–H and O–H groups in total. The van der Waals surface area contributed by atoms with Crippen LogP contribution in [0.2, 0.25) is 0 Å². The Hall–Kier alpha value is -1.62. The molecule has 0 aliphatic heterocycles. The average Bonchev–Trinajstić information content (AvgIpc) is 2.41. The van der Waals surface area contributed by atoms with Crippen molar-refractivity contribution in [1.82, 2.24) is 5.32 Å². The normalized spacial score (nSPS) is 22.3. The van der Waals surface area contributed by atoms with Crippen molar-refractivity contribution in [1.29, 1.82) is 0 Å². The topological polar surface area (TPSA) is 72.2 Å². The quantitative estimate of drug-likeness (QED) is 0.529. The lowest BCUT2D eigenvalue weighted by Crippen LogP contribution is -2.38. The second kappa shape index (κ2) is 6.22. The minimum absolute atomic E-state index is 0.0646. The number of amides is 1. The number of nitro groups is 1. The molecule has 0 radical (unpaired) electrons. The highest BCUT2D eigenvalue weighted by Gasteiger charge is 2.22. The van der Waals surface area contributed by atoms with Gasteiger partial charge < -0.3 is 5.32 Å². The van der Waals surface area contributed by atoms with Crippen LogP contribution >= 0.6 is 11.6 Å². The number of nitro benzene ring substituents is 1. The molecule has 0 atom stereocenters. The molecule has 108 valence electrons. The highest BCUT2D eigenvalue weighted by Crippen LogP contribution is 2.24. The van der Waals surface area contributed by atoms with E-state index >= 15 is 0 Å². The number of carbonyl (C=O) groups excluding carboxylic acids is 1. The van der Waals surface area contributed by atoms with Crippen molar-refractivity contribution in [2.75, 3.05) is 0 Å². The Labute approximate surface area is 122 Å². The number of hydrogen-bond donors (Lipinski definition) is 1. The maximum atomic E-state index is 12.2. The third-order valence-electron chi connectivity index (χ3n) is 3.67. The van der Waals surface area contributed by atoms with E-state index in [0.717, 1.165) is 31.2 Å². The number of alkyl halides is 1. The first-order valence-electron chi connectivity index (χ1n) is 6.67.